The summed E-state index contributed by atoms with van der Waals surface area (Å²) >= 11 is 0. The van der Waals surface area contributed by atoms with Crippen molar-refractivity contribution in [3.8, 4) is 0 Å². The second kappa shape index (κ2) is 5.96. The van der Waals surface area contributed by atoms with Crippen molar-refractivity contribution < 1.29 is 13.7 Å². The number of aryl methyl sites for hydroxylation is 2. The largest absolute Gasteiger partial charge is 0.618 e. The van der Waals surface area contributed by atoms with Crippen LogP contribution in [0.1, 0.15) is 21.5 Å². The lowest BCUT2D eigenvalue weighted by Gasteiger charge is -2.06. The zero-order valence-corrected chi connectivity index (χ0v) is 12.1. The van der Waals surface area contributed by atoms with Gasteiger partial charge in [-0.2, -0.15) is 4.73 Å². The zero-order valence-electron chi connectivity index (χ0n) is 11.3. The first-order valence-corrected chi connectivity index (χ1v) is 7.48. The second-order valence-electron chi connectivity index (χ2n) is 4.60. The summed E-state index contributed by atoms with van der Waals surface area (Å²) in [6.45, 7) is 3.74. The molecule has 2 rings (SSSR count). The lowest BCUT2D eigenvalue weighted by atomic mass is 10.0. The van der Waals surface area contributed by atoms with E-state index in [0.717, 1.165) is 11.1 Å². The van der Waals surface area contributed by atoms with E-state index in [1.807, 2.05) is 26.0 Å². The molecule has 20 heavy (non-hydrogen) atoms. The fourth-order valence-corrected chi connectivity index (χ4v) is 2.93. The first-order chi connectivity index (χ1) is 9.49. The molecule has 0 saturated heterocycles. The highest BCUT2D eigenvalue weighted by Gasteiger charge is 2.19. The van der Waals surface area contributed by atoms with Crippen LogP contribution in [0.4, 0.5) is 0 Å². The molecule has 0 fully saturated rings. The Bertz CT molecular complexity index is 683. The van der Waals surface area contributed by atoms with Crippen LogP contribution in [0.2, 0.25) is 0 Å². The Labute approximate surface area is 120 Å². The standard InChI is InChI=1S/C15H15NO3S/c1-11-6-7-12(2)13(9-11)14(17)10-20(19)15-5-3-4-8-16(15)18/h3-9H,10H2,1-2H3. The van der Waals surface area contributed by atoms with Gasteiger partial charge < -0.3 is 5.21 Å². The molecule has 0 radical (unpaired) electrons. The number of pyridine rings is 1. The van der Waals surface area contributed by atoms with Crippen molar-refractivity contribution in [3.63, 3.8) is 0 Å². The molecule has 1 aromatic carbocycles. The van der Waals surface area contributed by atoms with E-state index in [-0.39, 0.29) is 16.6 Å². The van der Waals surface area contributed by atoms with Crippen LogP contribution in [0.15, 0.2) is 47.6 Å². The number of carbonyl (C=O) groups is 1. The molecule has 104 valence electrons. The summed E-state index contributed by atoms with van der Waals surface area (Å²) in [5.41, 5.74) is 2.38. The van der Waals surface area contributed by atoms with Crippen molar-refractivity contribution in [1.29, 1.82) is 0 Å². The minimum absolute atomic E-state index is 0.103. The van der Waals surface area contributed by atoms with Crippen molar-refractivity contribution in [2.24, 2.45) is 0 Å². The van der Waals surface area contributed by atoms with E-state index in [1.54, 1.807) is 18.2 Å². The van der Waals surface area contributed by atoms with Crippen molar-refractivity contribution in [3.05, 3.63) is 64.5 Å². The second-order valence-corrected chi connectivity index (χ2v) is 5.99. The van der Waals surface area contributed by atoms with Gasteiger partial charge in [0.05, 0.1) is 5.75 Å². The number of carbonyl (C=O) groups excluding carboxylic acids is 1. The number of Topliss-reactive ketones (excluding diaryl/α,β-unsaturated/α-hetero) is 1. The van der Waals surface area contributed by atoms with Crippen LogP contribution in [-0.4, -0.2) is 15.7 Å². The van der Waals surface area contributed by atoms with E-state index in [0.29, 0.717) is 10.3 Å². The number of hydrogen-bond acceptors (Lipinski definition) is 3. The molecule has 1 unspecified atom stereocenters. The molecule has 0 aliphatic heterocycles. The first-order valence-electron chi connectivity index (χ1n) is 6.16. The molecule has 4 nitrogen and oxygen atoms in total. The van der Waals surface area contributed by atoms with E-state index in [1.165, 1.54) is 12.3 Å². The normalized spacial score (nSPS) is 12.1. The first kappa shape index (κ1) is 14.4. The van der Waals surface area contributed by atoms with Crippen LogP contribution in [0.25, 0.3) is 0 Å². The van der Waals surface area contributed by atoms with Gasteiger partial charge >= 0.3 is 0 Å². The third-order valence-corrected chi connectivity index (χ3v) is 4.28. The van der Waals surface area contributed by atoms with Gasteiger partial charge in [-0.25, -0.2) is 4.21 Å². The highest BCUT2D eigenvalue weighted by Crippen LogP contribution is 2.13. The number of rotatable bonds is 4. The average Bonchev–Trinajstić information content (AvgIpc) is 2.41. The van der Waals surface area contributed by atoms with Crippen molar-refractivity contribution in [2.75, 3.05) is 5.75 Å². The average molecular weight is 289 g/mol. The number of hydrogen-bond donors (Lipinski definition) is 0. The predicted molar refractivity (Wildman–Crippen MR) is 76.9 cm³/mol. The van der Waals surface area contributed by atoms with Gasteiger partial charge in [-0.3, -0.25) is 4.79 Å². The quantitative estimate of drug-likeness (QED) is 0.491. The van der Waals surface area contributed by atoms with Gasteiger partial charge in [0, 0.05) is 17.7 Å². The maximum Gasteiger partial charge on any atom is 0.281 e. The van der Waals surface area contributed by atoms with Crippen LogP contribution in [-0.2, 0) is 10.8 Å². The molecule has 1 atom stereocenters. The smallest absolute Gasteiger partial charge is 0.281 e. The van der Waals surface area contributed by atoms with E-state index in [9.17, 15) is 14.2 Å². The molecular formula is C15H15NO3S. The Kier molecular flexibility index (Phi) is 4.29. The number of aromatic nitrogens is 1. The minimum atomic E-state index is -1.64. The minimum Gasteiger partial charge on any atom is -0.618 e. The van der Waals surface area contributed by atoms with Gasteiger partial charge in [-0.05, 0) is 31.5 Å². The molecule has 1 aromatic heterocycles. The summed E-state index contributed by atoms with van der Waals surface area (Å²) in [6, 6.07) is 10.2. The third-order valence-electron chi connectivity index (χ3n) is 2.98. The molecule has 0 aliphatic rings. The topological polar surface area (TPSA) is 61.1 Å². The lowest BCUT2D eigenvalue weighted by molar-refractivity contribution is -0.646. The summed E-state index contributed by atoms with van der Waals surface area (Å²) in [7, 11) is -1.64. The lowest BCUT2D eigenvalue weighted by Crippen LogP contribution is -2.32. The molecule has 0 saturated carbocycles. The number of ketones is 1. The van der Waals surface area contributed by atoms with E-state index in [4.69, 9.17) is 0 Å². The van der Waals surface area contributed by atoms with Crippen LogP contribution < -0.4 is 4.73 Å². The Morgan fingerprint density at radius 3 is 2.70 bits per heavy atom. The van der Waals surface area contributed by atoms with Crippen molar-refractivity contribution >= 4 is 16.6 Å². The molecule has 0 spiro atoms. The monoisotopic (exact) mass is 289 g/mol. The van der Waals surface area contributed by atoms with Crippen molar-refractivity contribution in [2.45, 2.75) is 18.9 Å². The summed E-state index contributed by atoms with van der Waals surface area (Å²) in [5.74, 6) is -0.398. The highest BCUT2D eigenvalue weighted by atomic mass is 32.2. The highest BCUT2D eigenvalue weighted by molar-refractivity contribution is 7.85. The number of nitrogens with zero attached hydrogens (tertiary/aromatic N) is 1. The van der Waals surface area contributed by atoms with Gasteiger partial charge in [0.15, 0.2) is 12.0 Å². The van der Waals surface area contributed by atoms with Gasteiger partial charge in [-0.1, -0.05) is 17.7 Å². The van der Waals surface area contributed by atoms with Crippen LogP contribution in [0, 0.1) is 19.1 Å². The Balaban J connectivity index is 2.22. The third kappa shape index (κ3) is 3.11. The maximum absolute atomic E-state index is 12.2. The molecule has 0 bridgehead atoms. The van der Waals surface area contributed by atoms with Gasteiger partial charge in [-0.15, -0.1) is 0 Å². The van der Waals surface area contributed by atoms with Crippen LogP contribution >= 0.6 is 0 Å². The molecule has 5 heteroatoms. The van der Waals surface area contributed by atoms with Crippen LogP contribution in [0.3, 0.4) is 0 Å². The van der Waals surface area contributed by atoms with Gasteiger partial charge in [0.25, 0.3) is 5.03 Å². The Hall–Kier alpha value is -2.01. The molecule has 0 aliphatic carbocycles. The van der Waals surface area contributed by atoms with E-state index < -0.39 is 10.8 Å². The van der Waals surface area contributed by atoms with E-state index in [2.05, 4.69) is 0 Å². The van der Waals surface area contributed by atoms with E-state index >= 15 is 0 Å². The predicted octanol–water partition coefficient (Wildman–Crippen LogP) is 1.93. The molecule has 2 aromatic rings. The summed E-state index contributed by atoms with van der Waals surface area (Å²) in [6.07, 6.45) is 1.27. The zero-order chi connectivity index (χ0) is 14.7. The Morgan fingerprint density at radius 2 is 2.00 bits per heavy atom. The summed E-state index contributed by atoms with van der Waals surface area (Å²) in [4.78, 5) is 12.2. The molecule has 1 heterocycles. The summed E-state index contributed by atoms with van der Waals surface area (Å²) in [5, 5.41) is 11.6. The van der Waals surface area contributed by atoms with Gasteiger partial charge in [0.1, 0.15) is 10.8 Å². The Morgan fingerprint density at radius 1 is 1.25 bits per heavy atom. The molecule has 0 N–H and O–H groups in total. The fourth-order valence-electron chi connectivity index (χ4n) is 1.90. The van der Waals surface area contributed by atoms with Crippen LogP contribution in [0.5, 0.6) is 0 Å². The molecular weight excluding hydrogens is 274 g/mol. The number of benzene rings is 1. The maximum atomic E-state index is 12.2. The molecule has 0 amide bonds. The fraction of sp³-hybridized carbons (Fsp3) is 0.200. The van der Waals surface area contributed by atoms with Crippen molar-refractivity contribution in [1.82, 2.24) is 0 Å². The SMILES string of the molecule is Cc1ccc(C)c(C(=O)CS(=O)c2cccc[n+]2[O-])c1. The van der Waals surface area contributed by atoms with Gasteiger partial charge in [0.2, 0.25) is 0 Å². The summed E-state index contributed by atoms with van der Waals surface area (Å²) < 4.78 is 12.6.